The predicted molar refractivity (Wildman–Crippen MR) is 97.7 cm³/mol. The molecule has 0 N–H and O–H groups in total. The van der Waals surface area contributed by atoms with Crippen molar-refractivity contribution < 1.29 is 31.1 Å². The van der Waals surface area contributed by atoms with E-state index in [1.807, 2.05) is 0 Å². The fraction of sp³-hybridized carbons (Fsp3) is 0.227. The van der Waals surface area contributed by atoms with Gasteiger partial charge in [-0.2, -0.15) is 26.3 Å². The van der Waals surface area contributed by atoms with Crippen LogP contribution in [0.3, 0.4) is 0 Å². The molecule has 0 aliphatic heterocycles. The number of hydrogen-bond donors (Lipinski definition) is 0. The Morgan fingerprint density at radius 3 is 1.69 bits per heavy atom. The summed E-state index contributed by atoms with van der Waals surface area (Å²) in [6, 6.07) is 9.69. The minimum absolute atomic E-state index is 0.0185. The van der Waals surface area contributed by atoms with Crippen LogP contribution in [0.2, 0.25) is 0 Å². The highest BCUT2D eigenvalue weighted by Gasteiger charge is 2.34. The molecular formula is C22H16F6O. The van der Waals surface area contributed by atoms with Crippen molar-refractivity contribution in [1.82, 2.24) is 0 Å². The lowest BCUT2D eigenvalue weighted by Gasteiger charge is -2.19. The van der Waals surface area contributed by atoms with Gasteiger partial charge in [0, 0.05) is 12.0 Å². The average Bonchev–Trinajstić information content (AvgIpc) is 2.64. The van der Waals surface area contributed by atoms with Gasteiger partial charge in [0.2, 0.25) is 0 Å². The van der Waals surface area contributed by atoms with Crippen molar-refractivity contribution >= 4 is 17.9 Å². The third-order valence-electron chi connectivity index (χ3n) is 4.66. The number of hydrogen-bond acceptors (Lipinski definition) is 1. The van der Waals surface area contributed by atoms with Crippen LogP contribution in [-0.2, 0) is 17.1 Å². The highest BCUT2D eigenvalue weighted by Crippen LogP contribution is 2.37. The monoisotopic (exact) mass is 410 g/mol. The highest BCUT2D eigenvalue weighted by atomic mass is 19.4. The zero-order chi connectivity index (χ0) is 21.2. The van der Waals surface area contributed by atoms with Crippen molar-refractivity contribution in [1.29, 1.82) is 0 Å². The lowest BCUT2D eigenvalue weighted by Crippen LogP contribution is -2.13. The molecule has 0 bridgehead atoms. The Labute approximate surface area is 163 Å². The average molecular weight is 410 g/mol. The maximum Gasteiger partial charge on any atom is 0.416 e. The third kappa shape index (κ3) is 4.78. The van der Waals surface area contributed by atoms with Gasteiger partial charge < -0.3 is 0 Å². The first-order valence-corrected chi connectivity index (χ1v) is 8.85. The normalized spacial score (nSPS) is 18.5. The van der Waals surface area contributed by atoms with E-state index < -0.39 is 23.5 Å². The van der Waals surface area contributed by atoms with E-state index >= 15 is 0 Å². The van der Waals surface area contributed by atoms with Crippen LogP contribution < -0.4 is 0 Å². The lowest BCUT2D eigenvalue weighted by molar-refractivity contribution is -0.138. The standard InChI is InChI=1S/C22H16F6O/c23-21(24,25)18-9-3-1-6-15(18)12-14-8-5-11-20(29)17(14)13-16-7-2-4-10-19(16)22(26,27)28/h1-4,6-7,9-10,12-13H,5,8,11H2. The molecule has 0 heterocycles. The van der Waals surface area contributed by atoms with Crippen LogP contribution >= 0.6 is 0 Å². The second kappa shape index (κ2) is 7.89. The van der Waals surface area contributed by atoms with E-state index in [9.17, 15) is 31.1 Å². The third-order valence-corrected chi connectivity index (χ3v) is 4.66. The number of benzene rings is 2. The van der Waals surface area contributed by atoms with Crippen LogP contribution in [0.25, 0.3) is 12.2 Å². The van der Waals surface area contributed by atoms with E-state index in [4.69, 9.17) is 0 Å². The summed E-state index contributed by atoms with van der Waals surface area (Å²) in [6.45, 7) is 0. The molecule has 0 unspecified atom stereocenters. The smallest absolute Gasteiger partial charge is 0.294 e. The lowest BCUT2D eigenvalue weighted by atomic mass is 9.85. The molecular weight excluding hydrogens is 394 g/mol. The number of halogens is 6. The molecule has 1 aliphatic carbocycles. The van der Waals surface area contributed by atoms with Crippen molar-refractivity contribution in [2.45, 2.75) is 31.6 Å². The van der Waals surface area contributed by atoms with Gasteiger partial charge in [-0.25, -0.2) is 0 Å². The first-order valence-electron chi connectivity index (χ1n) is 8.85. The molecule has 152 valence electrons. The largest absolute Gasteiger partial charge is 0.416 e. The van der Waals surface area contributed by atoms with Crippen molar-refractivity contribution in [2.24, 2.45) is 0 Å². The number of rotatable bonds is 2. The van der Waals surface area contributed by atoms with Crippen LogP contribution in [0.1, 0.15) is 41.5 Å². The Bertz CT molecular complexity index is 979. The first-order chi connectivity index (χ1) is 13.6. The molecule has 0 amide bonds. The Kier molecular flexibility index (Phi) is 5.68. The molecule has 7 heteroatoms. The van der Waals surface area contributed by atoms with E-state index in [1.54, 1.807) is 0 Å². The summed E-state index contributed by atoms with van der Waals surface area (Å²) >= 11 is 0. The van der Waals surface area contributed by atoms with Gasteiger partial charge >= 0.3 is 12.4 Å². The number of allylic oxidation sites excluding steroid dienone is 2. The summed E-state index contributed by atoms with van der Waals surface area (Å²) in [5.41, 5.74) is -1.76. The highest BCUT2D eigenvalue weighted by molar-refractivity contribution is 6.06. The summed E-state index contributed by atoms with van der Waals surface area (Å²) in [6.07, 6.45) is -5.95. The van der Waals surface area contributed by atoms with Gasteiger partial charge in [0.05, 0.1) is 11.1 Å². The quantitative estimate of drug-likeness (QED) is 0.387. The number of alkyl halides is 6. The van der Waals surface area contributed by atoms with E-state index in [-0.39, 0.29) is 28.9 Å². The van der Waals surface area contributed by atoms with Gasteiger partial charge in [0.25, 0.3) is 0 Å². The zero-order valence-corrected chi connectivity index (χ0v) is 15.1. The molecule has 0 saturated heterocycles. The second-order valence-electron chi connectivity index (χ2n) is 6.67. The maximum atomic E-state index is 13.3. The summed E-state index contributed by atoms with van der Waals surface area (Å²) in [7, 11) is 0. The fourth-order valence-corrected chi connectivity index (χ4v) is 3.32. The molecule has 2 aromatic carbocycles. The number of ketones is 1. The van der Waals surface area contributed by atoms with Crippen LogP contribution in [0.15, 0.2) is 59.7 Å². The minimum Gasteiger partial charge on any atom is -0.294 e. The summed E-state index contributed by atoms with van der Waals surface area (Å²) in [5.74, 6) is -0.385. The number of carbonyl (C=O) groups is 1. The van der Waals surface area contributed by atoms with E-state index in [2.05, 4.69) is 0 Å². The van der Waals surface area contributed by atoms with Gasteiger partial charge in [-0.05, 0) is 47.8 Å². The Morgan fingerprint density at radius 1 is 0.690 bits per heavy atom. The van der Waals surface area contributed by atoms with E-state index in [0.29, 0.717) is 18.4 Å². The van der Waals surface area contributed by atoms with Crippen molar-refractivity contribution in [3.8, 4) is 0 Å². The van der Waals surface area contributed by atoms with Crippen molar-refractivity contribution in [2.75, 3.05) is 0 Å². The number of carbonyl (C=O) groups excluding carboxylic acids is 1. The maximum absolute atomic E-state index is 13.3. The van der Waals surface area contributed by atoms with Gasteiger partial charge in [-0.1, -0.05) is 42.5 Å². The summed E-state index contributed by atoms with van der Waals surface area (Å²) < 4.78 is 79.6. The molecule has 1 saturated carbocycles. The van der Waals surface area contributed by atoms with Crippen LogP contribution in [0.5, 0.6) is 0 Å². The molecule has 0 aromatic heterocycles. The second-order valence-corrected chi connectivity index (χ2v) is 6.67. The van der Waals surface area contributed by atoms with Crippen LogP contribution in [0, 0.1) is 0 Å². The molecule has 0 spiro atoms. The molecule has 2 aromatic rings. The Morgan fingerprint density at radius 2 is 1.17 bits per heavy atom. The van der Waals surface area contributed by atoms with Crippen LogP contribution in [-0.4, -0.2) is 5.78 Å². The van der Waals surface area contributed by atoms with Crippen molar-refractivity contribution in [3.63, 3.8) is 0 Å². The number of Topliss-reactive ketones (excluding diaryl/α,β-unsaturated/α-hetero) is 1. The zero-order valence-electron chi connectivity index (χ0n) is 15.1. The molecule has 0 radical (unpaired) electrons. The van der Waals surface area contributed by atoms with Gasteiger partial charge in [0.15, 0.2) is 5.78 Å². The molecule has 29 heavy (non-hydrogen) atoms. The van der Waals surface area contributed by atoms with Gasteiger partial charge in [-0.3, -0.25) is 4.79 Å². The summed E-state index contributed by atoms with van der Waals surface area (Å²) in [5, 5.41) is 0. The van der Waals surface area contributed by atoms with E-state index in [1.165, 1.54) is 42.5 Å². The topological polar surface area (TPSA) is 17.1 Å². The van der Waals surface area contributed by atoms with Crippen LogP contribution in [0.4, 0.5) is 26.3 Å². The Balaban J connectivity index is 2.13. The predicted octanol–water partition coefficient (Wildman–Crippen LogP) is 6.94. The molecule has 3 rings (SSSR count). The van der Waals surface area contributed by atoms with Gasteiger partial charge in [-0.15, -0.1) is 0 Å². The fourth-order valence-electron chi connectivity index (χ4n) is 3.32. The molecule has 0 atom stereocenters. The Hall–Kier alpha value is -2.83. The minimum atomic E-state index is -4.61. The first kappa shape index (κ1) is 20.9. The van der Waals surface area contributed by atoms with E-state index in [0.717, 1.165) is 18.2 Å². The molecule has 1 nitrogen and oxygen atoms in total. The van der Waals surface area contributed by atoms with Gasteiger partial charge in [0.1, 0.15) is 0 Å². The molecule has 1 aliphatic rings. The summed E-state index contributed by atoms with van der Waals surface area (Å²) in [4.78, 5) is 12.4. The van der Waals surface area contributed by atoms with Crippen molar-refractivity contribution in [3.05, 3.63) is 81.9 Å². The molecule has 1 fully saturated rings. The SMILES string of the molecule is O=C1CCCC(=Cc2ccccc2C(F)(F)F)C1=Cc1ccccc1C(F)(F)F.